The number of aryl methyl sites for hydroxylation is 1. The molecule has 0 saturated heterocycles. The van der Waals surface area contributed by atoms with Crippen molar-refractivity contribution in [2.75, 3.05) is 0 Å². The molecule has 0 bridgehead atoms. The number of ether oxygens (including phenoxy) is 2. The second kappa shape index (κ2) is 11.6. The number of ketones is 1. The summed E-state index contributed by atoms with van der Waals surface area (Å²) < 4.78 is 12.9. The zero-order valence-electron chi connectivity index (χ0n) is 22.3. The molecule has 6 rings (SSSR count). The molecule has 4 aromatic rings. The van der Waals surface area contributed by atoms with Gasteiger partial charge in [0.25, 0.3) is 0 Å². The predicted octanol–water partition coefficient (Wildman–Crippen LogP) is 9.23. The van der Waals surface area contributed by atoms with Crippen LogP contribution in [0.4, 0.5) is 0 Å². The molecular formula is C35H38O3. The molecule has 196 valence electrons. The Morgan fingerprint density at radius 2 is 1.08 bits per heavy atom. The maximum atomic E-state index is 13.5. The average molecular weight is 507 g/mol. The summed E-state index contributed by atoms with van der Waals surface area (Å²) in [7, 11) is 0. The Hall–Kier alpha value is -3.33. The summed E-state index contributed by atoms with van der Waals surface area (Å²) in [4.78, 5) is 13.5. The maximum Gasteiger partial charge on any atom is 0.163 e. The summed E-state index contributed by atoms with van der Waals surface area (Å²) in [6.45, 7) is 0. The highest BCUT2D eigenvalue weighted by atomic mass is 16.5. The van der Waals surface area contributed by atoms with Crippen LogP contribution in [0.3, 0.4) is 0 Å². The number of Topliss-reactive ketones (excluding diaryl/α,β-unsaturated/α-hetero) is 1. The molecule has 3 heteroatoms. The molecule has 4 aromatic carbocycles. The van der Waals surface area contributed by atoms with Crippen molar-refractivity contribution in [2.24, 2.45) is 0 Å². The molecule has 0 radical (unpaired) electrons. The van der Waals surface area contributed by atoms with E-state index in [1.165, 1.54) is 49.5 Å². The second-order valence-corrected chi connectivity index (χ2v) is 11.1. The van der Waals surface area contributed by atoms with Crippen LogP contribution in [-0.4, -0.2) is 18.0 Å². The van der Waals surface area contributed by atoms with E-state index in [-0.39, 0.29) is 11.9 Å². The van der Waals surface area contributed by atoms with E-state index in [9.17, 15) is 4.79 Å². The third-order valence-corrected chi connectivity index (χ3v) is 8.47. The fourth-order valence-electron chi connectivity index (χ4n) is 6.38. The van der Waals surface area contributed by atoms with Crippen molar-refractivity contribution in [3.8, 4) is 11.5 Å². The number of hydrogen-bond donors (Lipinski definition) is 0. The molecule has 0 heterocycles. The smallest absolute Gasteiger partial charge is 0.163 e. The van der Waals surface area contributed by atoms with Crippen LogP contribution in [0.1, 0.15) is 86.6 Å². The van der Waals surface area contributed by atoms with Crippen LogP contribution in [-0.2, 0) is 6.42 Å². The highest BCUT2D eigenvalue weighted by Gasteiger charge is 2.20. The van der Waals surface area contributed by atoms with Gasteiger partial charge in [0.1, 0.15) is 11.5 Å². The normalized spacial score (nSPS) is 17.1. The van der Waals surface area contributed by atoms with Gasteiger partial charge < -0.3 is 9.47 Å². The summed E-state index contributed by atoms with van der Waals surface area (Å²) in [5.41, 5.74) is 1.99. The summed E-state index contributed by atoms with van der Waals surface area (Å²) in [6.07, 6.45) is 13.9. The van der Waals surface area contributed by atoms with Crippen LogP contribution in [0, 0.1) is 0 Å². The van der Waals surface area contributed by atoms with Crippen molar-refractivity contribution in [3.05, 3.63) is 83.9 Å². The van der Waals surface area contributed by atoms with Gasteiger partial charge in [0.05, 0.1) is 12.2 Å². The Morgan fingerprint density at radius 1 is 0.579 bits per heavy atom. The highest BCUT2D eigenvalue weighted by molar-refractivity contribution is 6.09. The van der Waals surface area contributed by atoms with Gasteiger partial charge in [-0.25, -0.2) is 0 Å². The summed E-state index contributed by atoms with van der Waals surface area (Å²) in [6, 6.07) is 24.9. The number of hydrogen-bond acceptors (Lipinski definition) is 3. The van der Waals surface area contributed by atoms with E-state index < -0.39 is 0 Å². The monoisotopic (exact) mass is 506 g/mol. The van der Waals surface area contributed by atoms with Crippen molar-refractivity contribution in [1.82, 2.24) is 0 Å². The van der Waals surface area contributed by atoms with Gasteiger partial charge in [-0.3, -0.25) is 4.79 Å². The molecule has 0 aliphatic heterocycles. The Balaban J connectivity index is 1.21. The average Bonchev–Trinajstić information content (AvgIpc) is 2.98. The minimum absolute atomic E-state index is 0.178. The second-order valence-electron chi connectivity index (χ2n) is 11.1. The lowest BCUT2D eigenvalue weighted by molar-refractivity contribution is 0.0984. The predicted molar refractivity (Wildman–Crippen MR) is 156 cm³/mol. The molecule has 0 aromatic heterocycles. The molecular weight excluding hydrogens is 468 g/mol. The van der Waals surface area contributed by atoms with Gasteiger partial charge in [0.2, 0.25) is 0 Å². The van der Waals surface area contributed by atoms with E-state index in [0.717, 1.165) is 58.9 Å². The highest BCUT2D eigenvalue weighted by Crippen LogP contribution is 2.34. The van der Waals surface area contributed by atoms with E-state index in [1.54, 1.807) is 0 Å². The van der Waals surface area contributed by atoms with Crippen LogP contribution in [0.15, 0.2) is 72.8 Å². The summed E-state index contributed by atoms with van der Waals surface area (Å²) >= 11 is 0. The lowest BCUT2D eigenvalue weighted by Gasteiger charge is -2.24. The standard InChI is InChI=1S/C35H38O3/c36-33(30-21-24-35(32-18-10-8-16-29(30)32)38-27-13-5-2-6-14-27)22-19-25-20-23-34(31-17-9-7-15-28(25)31)37-26-11-3-1-4-12-26/h7-10,15-18,20-21,23-24,26-27H,1-6,11-14,19,22H2. The van der Waals surface area contributed by atoms with Crippen LogP contribution >= 0.6 is 0 Å². The maximum absolute atomic E-state index is 13.5. The topological polar surface area (TPSA) is 35.5 Å². The van der Waals surface area contributed by atoms with Crippen LogP contribution in [0.25, 0.3) is 21.5 Å². The third kappa shape index (κ3) is 5.43. The lowest BCUT2D eigenvalue weighted by atomic mass is 9.94. The molecule has 2 fully saturated rings. The minimum Gasteiger partial charge on any atom is -0.490 e. The van der Waals surface area contributed by atoms with Gasteiger partial charge in [-0.05, 0) is 92.3 Å². The quantitative estimate of drug-likeness (QED) is 0.223. The molecule has 0 amide bonds. The molecule has 38 heavy (non-hydrogen) atoms. The zero-order chi connectivity index (χ0) is 25.7. The van der Waals surface area contributed by atoms with Gasteiger partial charge in [0.15, 0.2) is 5.78 Å². The summed E-state index contributed by atoms with van der Waals surface area (Å²) in [5, 5.41) is 4.37. The first kappa shape index (κ1) is 25.0. The largest absolute Gasteiger partial charge is 0.490 e. The minimum atomic E-state index is 0.178. The molecule has 2 aliphatic carbocycles. The molecule has 3 nitrogen and oxygen atoms in total. The first-order valence-corrected chi connectivity index (χ1v) is 14.6. The van der Waals surface area contributed by atoms with Gasteiger partial charge in [-0.1, -0.05) is 67.4 Å². The zero-order valence-corrected chi connectivity index (χ0v) is 22.3. The summed E-state index contributed by atoms with van der Waals surface area (Å²) in [5.74, 6) is 2.06. The molecule has 2 saturated carbocycles. The fraction of sp³-hybridized carbons (Fsp3) is 0.400. The van der Waals surface area contributed by atoms with Crippen molar-refractivity contribution in [2.45, 2.75) is 89.3 Å². The van der Waals surface area contributed by atoms with Crippen molar-refractivity contribution in [3.63, 3.8) is 0 Å². The van der Waals surface area contributed by atoms with Crippen LogP contribution < -0.4 is 9.47 Å². The van der Waals surface area contributed by atoms with Gasteiger partial charge >= 0.3 is 0 Å². The van der Waals surface area contributed by atoms with Gasteiger partial charge in [-0.2, -0.15) is 0 Å². The van der Waals surface area contributed by atoms with Gasteiger partial charge in [0, 0.05) is 22.8 Å². The Kier molecular flexibility index (Phi) is 7.62. The van der Waals surface area contributed by atoms with Crippen molar-refractivity contribution in [1.29, 1.82) is 0 Å². The van der Waals surface area contributed by atoms with E-state index in [1.807, 2.05) is 24.3 Å². The first-order chi connectivity index (χ1) is 18.8. The van der Waals surface area contributed by atoms with E-state index in [0.29, 0.717) is 18.9 Å². The lowest BCUT2D eigenvalue weighted by Crippen LogP contribution is -2.19. The molecule has 0 unspecified atom stereocenters. The van der Waals surface area contributed by atoms with Crippen molar-refractivity contribution >= 4 is 27.3 Å². The molecule has 0 N–H and O–H groups in total. The van der Waals surface area contributed by atoms with E-state index >= 15 is 0 Å². The molecule has 0 atom stereocenters. The Morgan fingerprint density at radius 3 is 1.68 bits per heavy atom. The van der Waals surface area contributed by atoms with E-state index in [4.69, 9.17) is 9.47 Å². The third-order valence-electron chi connectivity index (χ3n) is 8.47. The number of benzene rings is 4. The Labute approximate surface area is 226 Å². The number of fused-ring (bicyclic) bond motifs is 2. The number of carbonyl (C=O) groups excluding carboxylic acids is 1. The Bertz CT molecular complexity index is 1410. The van der Waals surface area contributed by atoms with Gasteiger partial charge in [-0.15, -0.1) is 0 Å². The first-order valence-electron chi connectivity index (χ1n) is 14.6. The SMILES string of the molecule is O=C(CCc1ccc(OC2CCCCC2)c2ccccc12)c1ccc(OC2CCCCC2)c2ccccc12. The number of rotatable bonds is 8. The van der Waals surface area contributed by atoms with Crippen molar-refractivity contribution < 1.29 is 14.3 Å². The van der Waals surface area contributed by atoms with Crippen LogP contribution in [0.2, 0.25) is 0 Å². The molecule has 0 spiro atoms. The van der Waals surface area contributed by atoms with Crippen LogP contribution in [0.5, 0.6) is 11.5 Å². The number of carbonyl (C=O) groups is 1. The van der Waals surface area contributed by atoms with E-state index in [2.05, 4.69) is 48.5 Å². The fourth-order valence-corrected chi connectivity index (χ4v) is 6.38. The molecule has 2 aliphatic rings.